The number of unbranched alkanes of at least 4 members (excludes halogenated alkanes) is 1. The number of hydrogen-bond donors (Lipinski definition) is 1. The van der Waals surface area contributed by atoms with Crippen LogP contribution in [0.4, 0.5) is 5.69 Å². The Kier molecular flexibility index (Phi) is 11.5. The average Bonchev–Trinajstić information content (AvgIpc) is 2.86. The Morgan fingerprint density at radius 3 is 2.24 bits per heavy atom. The van der Waals surface area contributed by atoms with Crippen molar-refractivity contribution in [2.45, 2.75) is 45.7 Å². The number of halogens is 1. The van der Waals surface area contributed by atoms with Crippen molar-refractivity contribution in [2.75, 3.05) is 37.9 Å². The number of carbonyl (C=O) groups excluding carboxylic acids is 2. The monoisotopic (exact) mass is 553 g/mol. The van der Waals surface area contributed by atoms with E-state index in [4.69, 9.17) is 21.1 Å². The molecule has 37 heavy (non-hydrogen) atoms. The minimum absolute atomic E-state index is 0.115. The molecule has 0 aliphatic heterocycles. The van der Waals surface area contributed by atoms with Crippen LogP contribution in [0.1, 0.15) is 38.7 Å². The molecule has 0 unspecified atom stereocenters. The molecule has 11 heteroatoms. The average molecular weight is 554 g/mol. The second-order valence-electron chi connectivity index (χ2n) is 8.53. The van der Waals surface area contributed by atoms with Crippen molar-refractivity contribution in [3.63, 3.8) is 0 Å². The summed E-state index contributed by atoms with van der Waals surface area (Å²) < 4.78 is 36.8. The molecule has 9 nitrogen and oxygen atoms in total. The van der Waals surface area contributed by atoms with Crippen LogP contribution in [-0.4, -0.2) is 64.7 Å². The number of rotatable bonds is 14. The lowest BCUT2D eigenvalue weighted by Gasteiger charge is -2.33. The minimum atomic E-state index is -3.87. The first-order valence-corrected chi connectivity index (χ1v) is 14.3. The molecule has 0 aliphatic rings. The number of amides is 2. The number of nitrogens with one attached hydrogen (secondary N) is 1. The summed E-state index contributed by atoms with van der Waals surface area (Å²) in [6.07, 6.45) is 3.10. The van der Waals surface area contributed by atoms with Crippen molar-refractivity contribution in [1.82, 2.24) is 10.2 Å². The highest BCUT2D eigenvalue weighted by Gasteiger charge is 2.31. The number of carbonyl (C=O) groups is 2. The van der Waals surface area contributed by atoms with Crippen molar-refractivity contribution >= 4 is 39.1 Å². The molecule has 0 saturated heterocycles. The highest BCUT2D eigenvalue weighted by molar-refractivity contribution is 7.92. The van der Waals surface area contributed by atoms with Crippen LogP contribution in [0, 0.1) is 0 Å². The topological polar surface area (TPSA) is 105 Å². The zero-order chi connectivity index (χ0) is 27.6. The SMILES string of the molecule is CCCCNC(=O)[C@@H](CC)N(Cc1ccc(OC)cc1)C(=O)CN(c1ccc(OC)c(Cl)c1)S(C)(=O)=O. The minimum Gasteiger partial charge on any atom is -0.497 e. The van der Waals surface area contributed by atoms with Gasteiger partial charge in [0.05, 0.1) is 31.2 Å². The Labute approximate surface area is 224 Å². The predicted molar refractivity (Wildman–Crippen MR) is 146 cm³/mol. The molecule has 2 aromatic rings. The zero-order valence-electron chi connectivity index (χ0n) is 22.0. The summed E-state index contributed by atoms with van der Waals surface area (Å²) in [5.74, 6) is 0.230. The van der Waals surface area contributed by atoms with E-state index in [0.717, 1.165) is 29.0 Å². The van der Waals surface area contributed by atoms with Crippen LogP contribution in [0.25, 0.3) is 0 Å². The third kappa shape index (κ3) is 8.53. The maximum absolute atomic E-state index is 13.7. The molecule has 0 bridgehead atoms. The fourth-order valence-corrected chi connectivity index (χ4v) is 4.87. The summed E-state index contributed by atoms with van der Waals surface area (Å²) in [6, 6.07) is 10.8. The Morgan fingerprint density at radius 1 is 1.05 bits per heavy atom. The number of ether oxygens (including phenoxy) is 2. The first-order valence-electron chi connectivity index (χ1n) is 12.1. The van der Waals surface area contributed by atoms with Crippen LogP contribution in [0.5, 0.6) is 11.5 Å². The smallest absolute Gasteiger partial charge is 0.244 e. The lowest BCUT2D eigenvalue weighted by atomic mass is 10.1. The van der Waals surface area contributed by atoms with Gasteiger partial charge in [-0.25, -0.2) is 8.42 Å². The first-order chi connectivity index (χ1) is 17.5. The number of sulfonamides is 1. The molecular formula is C26H36ClN3O6S. The van der Waals surface area contributed by atoms with Gasteiger partial charge in [0.25, 0.3) is 0 Å². The van der Waals surface area contributed by atoms with E-state index >= 15 is 0 Å². The largest absolute Gasteiger partial charge is 0.497 e. The fourth-order valence-electron chi connectivity index (χ4n) is 3.78. The molecule has 0 heterocycles. The third-order valence-corrected chi connectivity index (χ3v) is 7.27. The lowest BCUT2D eigenvalue weighted by molar-refractivity contribution is -0.140. The van der Waals surface area contributed by atoms with Gasteiger partial charge in [-0.1, -0.05) is 44.0 Å². The van der Waals surface area contributed by atoms with Gasteiger partial charge in [0.15, 0.2) is 0 Å². The van der Waals surface area contributed by atoms with Crippen molar-refractivity contribution < 1.29 is 27.5 Å². The molecule has 204 valence electrons. The van der Waals surface area contributed by atoms with Crippen LogP contribution < -0.4 is 19.1 Å². The highest BCUT2D eigenvalue weighted by atomic mass is 35.5. The summed E-state index contributed by atoms with van der Waals surface area (Å²) in [6.45, 7) is 3.94. The van der Waals surface area contributed by atoms with Gasteiger partial charge in [-0.15, -0.1) is 0 Å². The Hall–Kier alpha value is -2.98. The van der Waals surface area contributed by atoms with E-state index in [1.165, 1.54) is 30.2 Å². The van der Waals surface area contributed by atoms with E-state index in [1.54, 1.807) is 31.4 Å². The van der Waals surface area contributed by atoms with E-state index in [-0.39, 0.29) is 23.2 Å². The summed E-state index contributed by atoms with van der Waals surface area (Å²) in [5.41, 5.74) is 0.985. The zero-order valence-corrected chi connectivity index (χ0v) is 23.6. The van der Waals surface area contributed by atoms with E-state index in [1.807, 2.05) is 13.8 Å². The molecule has 2 rings (SSSR count). The van der Waals surface area contributed by atoms with Gasteiger partial charge >= 0.3 is 0 Å². The normalized spacial score (nSPS) is 11.9. The Morgan fingerprint density at radius 2 is 1.73 bits per heavy atom. The van der Waals surface area contributed by atoms with Crippen LogP contribution in [0.3, 0.4) is 0 Å². The van der Waals surface area contributed by atoms with Crippen molar-refractivity contribution in [2.24, 2.45) is 0 Å². The molecule has 0 radical (unpaired) electrons. The first kappa shape index (κ1) is 30.2. The van der Waals surface area contributed by atoms with Crippen molar-refractivity contribution in [3.8, 4) is 11.5 Å². The molecule has 0 spiro atoms. The molecule has 2 aromatic carbocycles. The maximum atomic E-state index is 13.7. The number of hydrogen-bond acceptors (Lipinski definition) is 6. The van der Waals surface area contributed by atoms with Crippen LogP contribution in [0.15, 0.2) is 42.5 Å². The molecule has 0 saturated carbocycles. The Bertz CT molecular complexity index is 1160. The van der Waals surface area contributed by atoms with E-state index < -0.39 is 28.5 Å². The second kappa shape index (κ2) is 14.1. The number of methoxy groups -OCH3 is 2. The van der Waals surface area contributed by atoms with Crippen LogP contribution in [-0.2, 0) is 26.2 Å². The van der Waals surface area contributed by atoms with Gasteiger partial charge in [-0.05, 0) is 48.7 Å². The van der Waals surface area contributed by atoms with Crippen LogP contribution in [0.2, 0.25) is 5.02 Å². The third-order valence-electron chi connectivity index (χ3n) is 5.83. The van der Waals surface area contributed by atoms with Gasteiger partial charge in [-0.3, -0.25) is 13.9 Å². The van der Waals surface area contributed by atoms with E-state index in [0.29, 0.717) is 24.5 Å². The van der Waals surface area contributed by atoms with Gasteiger partial charge in [0, 0.05) is 13.1 Å². The fraction of sp³-hybridized carbons (Fsp3) is 0.462. The van der Waals surface area contributed by atoms with Gasteiger partial charge < -0.3 is 19.7 Å². The number of benzene rings is 2. The van der Waals surface area contributed by atoms with Crippen LogP contribution >= 0.6 is 11.6 Å². The molecular weight excluding hydrogens is 518 g/mol. The summed E-state index contributed by atoms with van der Waals surface area (Å²) in [4.78, 5) is 28.2. The van der Waals surface area contributed by atoms with Crippen molar-refractivity contribution in [1.29, 1.82) is 0 Å². The predicted octanol–water partition coefficient (Wildman–Crippen LogP) is 3.85. The summed E-state index contributed by atoms with van der Waals surface area (Å²) >= 11 is 6.22. The van der Waals surface area contributed by atoms with E-state index in [9.17, 15) is 18.0 Å². The number of anilines is 1. The molecule has 0 fully saturated rings. The summed E-state index contributed by atoms with van der Waals surface area (Å²) in [7, 11) is -0.856. The molecule has 2 amide bonds. The van der Waals surface area contributed by atoms with Gasteiger partial charge in [0.1, 0.15) is 24.1 Å². The standard InChI is InChI=1S/C26H36ClN3O6S/c1-6-8-15-28-26(32)23(7-2)29(17-19-9-12-21(35-3)13-10-19)25(31)18-30(37(5,33)34)20-11-14-24(36-4)22(27)16-20/h9-14,16,23H,6-8,15,17-18H2,1-5H3,(H,28,32)/t23-/m1/s1. The van der Waals surface area contributed by atoms with Gasteiger partial charge in [-0.2, -0.15) is 0 Å². The van der Waals surface area contributed by atoms with E-state index in [2.05, 4.69) is 5.32 Å². The number of nitrogens with zero attached hydrogens (tertiary/aromatic N) is 2. The molecule has 0 aromatic heterocycles. The quantitative estimate of drug-likeness (QED) is 0.356. The molecule has 0 aliphatic carbocycles. The second-order valence-corrected chi connectivity index (χ2v) is 10.8. The summed E-state index contributed by atoms with van der Waals surface area (Å²) in [5, 5.41) is 3.10. The van der Waals surface area contributed by atoms with Gasteiger partial charge in [0.2, 0.25) is 21.8 Å². The van der Waals surface area contributed by atoms with Crippen molar-refractivity contribution in [3.05, 3.63) is 53.1 Å². The molecule has 1 atom stereocenters. The Balaban J connectivity index is 2.42. The highest BCUT2D eigenvalue weighted by Crippen LogP contribution is 2.30. The molecule has 1 N–H and O–H groups in total. The maximum Gasteiger partial charge on any atom is 0.244 e. The lowest BCUT2D eigenvalue weighted by Crippen LogP contribution is -2.52.